The fourth-order valence-corrected chi connectivity index (χ4v) is 1.69. The van der Waals surface area contributed by atoms with E-state index in [1.807, 2.05) is 0 Å². The van der Waals surface area contributed by atoms with Crippen molar-refractivity contribution in [2.75, 3.05) is 6.54 Å². The number of carboxylic acid groups (broad SMARTS) is 1. The highest BCUT2D eigenvalue weighted by Crippen LogP contribution is 2.45. The average Bonchev–Trinajstić information content (AvgIpc) is 3.17. The monoisotopic (exact) mass is 261 g/mol. The summed E-state index contributed by atoms with van der Waals surface area (Å²) in [4.78, 5) is 22.5. The van der Waals surface area contributed by atoms with Crippen LogP contribution in [0.5, 0.6) is 5.75 Å². The molecule has 0 aromatic heterocycles. The van der Waals surface area contributed by atoms with E-state index in [1.165, 1.54) is 18.2 Å². The van der Waals surface area contributed by atoms with Crippen LogP contribution in [0.3, 0.4) is 0 Å². The maximum absolute atomic E-state index is 11.5. The SMILES string of the molecule is O=C(/C=C/c1ccc(O)cc1)NCC1(C(=O)O)CC1. The number of carbonyl (C=O) groups excluding carboxylic acids is 1. The Kier molecular flexibility index (Phi) is 3.55. The van der Waals surface area contributed by atoms with Crippen LogP contribution < -0.4 is 5.32 Å². The third-order valence-corrected chi connectivity index (χ3v) is 3.23. The minimum atomic E-state index is -0.852. The number of nitrogens with one attached hydrogen (secondary N) is 1. The highest BCUT2D eigenvalue weighted by molar-refractivity contribution is 5.92. The van der Waals surface area contributed by atoms with Crippen molar-refractivity contribution in [1.29, 1.82) is 0 Å². The predicted molar refractivity (Wildman–Crippen MR) is 69.5 cm³/mol. The largest absolute Gasteiger partial charge is 0.508 e. The first-order valence-corrected chi connectivity index (χ1v) is 6.00. The Morgan fingerprint density at radius 2 is 1.89 bits per heavy atom. The van der Waals surface area contributed by atoms with Crippen LogP contribution in [0.1, 0.15) is 18.4 Å². The molecule has 0 saturated heterocycles. The van der Waals surface area contributed by atoms with Gasteiger partial charge in [0.1, 0.15) is 5.75 Å². The van der Waals surface area contributed by atoms with Crippen molar-refractivity contribution in [3.63, 3.8) is 0 Å². The van der Waals surface area contributed by atoms with Crippen LogP contribution in [0.2, 0.25) is 0 Å². The Labute approximate surface area is 110 Å². The lowest BCUT2D eigenvalue weighted by molar-refractivity contribution is -0.143. The molecule has 5 nitrogen and oxygen atoms in total. The van der Waals surface area contributed by atoms with E-state index in [2.05, 4.69) is 5.32 Å². The van der Waals surface area contributed by atoms with E-state index in [9.17, 15) is 9.59 Å². The summed E-state index contributed by atoms with van der Waals surface area (Å²) in [6.45, 7) is 0.168. The summed E-state index contributed by atoms with van der Waals surface area (Å²) in [5, 5.41) is 20.7. The van der Waals surface area contributed by atoms with E-state index in [-0.39, 0.29) is 18.2 Å². The Morgan fingerprint density at radius 1 is 1.26 bits per heavy atom. The van der Waals surface area contributed by atoms with E-state index in [1.54, 1.807) is 18.2 Å². The molecule has 1 aliphatic carbocycles. The molecule has 0 bridgehead atoms. The summed E-state index contributed by atoms with van der Waals surface area (Å²) < 4.78 is 0. The first-order chi connectivity index (χ1) is 9.02. The maximum atomic E-state index is 11.5. The van der Waals surface area contributed by atoms with Gasteiger partial charge in [0.05, 0.1) is 5.41 Å². The molecular weight excluding hydrogens is 246 g/mol. The van der Waals surface area contributed by atoms with Crippen LogP contribution >= 0.6 is 0 Å². The number of phenols is 1. The minimum absolute atomic E-state index is 0.165. The number of carboxylic acids is 1. The predicted octanol–water partition coefficient (Wildman–Crippen LogP) is 1.39. The zero-order valence-corrected chi connectivity index (χ0v) is 10.3. The fraction of sp³-hybridized carbons (Fsp3) is 0.286. The molecule has 0 aliphatic heterocycles. The molecule has 0 spiro atoms. The molecule has 5 heteroatoms. The number of rotatable bonds is 5. The van der Waals surface area contributed by atoms with Gasteiger partial charge in [-0.2, -0.15) is 0 Å². The van der Waals surface area contributed by atoms with E-state index in [0.717, 1.165) is 5.56 Å². The van der Waals surface area contributed by atoms with Crippen molar-refractivity contribution >= 4 is 18.0 Å². The van der Waals surface area contributed by atoms with Crippen LogP contribution in [0.25, 0.3) is 6.08 Å². The van der Waals surface area contributed by atoms with Gasteiger partial charge in [-0.3, -0.25) is 9.59 Å². The van der Waals surface area contributed by atoms with E-state index >= 15 is 0 Å². The van der Waals surface area contributed by atoms with Gasteiger partial charge in [-0.25, -0.2) is 0 Å². The van der Waals surface area contributed by atoms with Gasteiger partial charge in [0, 0.05) is 12.6 Å². The molecule has 1 fully saturated rings. The van der Waals surface area contributed by atoms with Gasteiger partial charge in [-0.05, 0) is 36.6 Å². The van der Waals surface area contributed by atoms with Crippen molar-refractivity contribution in [3.05, 3.63) is 35.9 Å². The van der Waals surface area contributed by atoms with Crippen molar-refractivity contribution in [1.82, 2.24) is 5.32 Å². The normalized spacial score (nSPS) is 16.2. The van der Waals surface area contributed by atoms with Gasteiger partial charge in [-0.15, -0.1) is 0 Å². The van der Waals surface area contributed by atoms with Gasteiger partial charge in [0.25, 0.3) is 0 Å². The first kappa shape index (κ1) is 13.1. The van der Waals surface area contributed by atoms with E-state index in [0.29, 0.717) is 12.8 Å². The second-order valence-corrected chi connectivity index (χ2v) is 4.73. The van der Waals surface area contributed by atoms with Gasteiger partial charge in [-0.1, -0.05) is 12.1 Å². The van der Waals surface area contributed by atoms with Gasteiger partial charge >= 0.3 is 5.97 Å². The molecule has 2 rings (SSSR count). The van der Waals surface area contributed by atoms with E-state index in [4.69, 9.17) is 10.2 Å². The zero-order valence-electron chi connectivity index (χ0n) is 10.3. The molecule has 1 amide bonds. The third-order valence-electron chi connectivity index (χ3n) is 3.23. The number of phenolic OH excluding ortho intramolecular Hbond substituents is 1. The Morgan fingerprint density at radius 3 is 2.42 bits per heavy atom. The fourth-order valence-electron chi connectivity index (χ4n) is 1.69. The summed E-state index contributed by atoms with van der Waals surface area (Å²) in [7, 11) is 0. The molecule has 1 aliphatic rings. The van der Waals surface area contributed by atoms with E-state index < -0.39 is 11.4 Å². The zero-order chi connectivity index (χ0) is 13.9. The average molecular weight is 261 g/mol. The molecule has 1 saturated carbocycles. The summed E-state index contributed by atoms with van der Waals surface area (Å²) in [5.74, 6) is -1.00. The summed E-state index contributed by atoms with van der Waals surface area (Å²) in [5.41, 5.74) is 0.0366. The Bertz CT molecular complexity index is 515. The smallest absolute Gasteiger partial charge is 0.311 e. The van der Waals surface area contributed by atoms with Crippen LogP contribution in [0.4, 0.5) is 0 Å². The number of benzene rings is 1. The maximum Gasteiger partial charge on any atom is 0.311 e. The van der Waals surface area contributed by atoms with Crippen molar-refractivity contribution < 1.29 is 19.8 Å². The first-order valence-electron chi connectivity index (χ1n) is 6.00. The molecule has 0 unspecified atom stereocenters. The lowest BCUT2D eigenvalue weighted by Crippen LogP contribution is -2.33. The second-order valence-electron chi connectivity index (χ2n) is 4.73. The van der Waals surface area contributed by atoms with Crippen LogP contribution in [0, 0.1) is 5.41 Å². The summed E-state index contributed by atoms with van der Waals surface area (Å²) in [6, 6.07) is 6.42. The molecule has 0 radical (unpaired) electrons. The molecule has 1 aromatic rings. The van der Waals surface area contributed by atoms with Crippen molar-refractivity contribution in [3.8, 4) is 5.75 Å². The van der Waals surface area contributed by atoms with Crippen LogP contribution in [-0.4, -0.2) is 28.6 Å². The number of aliphatic carboxylic acids is 1. The number of carbonyl (C=O) groups is 2. The second kappa shape index (κ2) is 5.14. The lowest BCUT2D eigenvalue weighted by atomic mass is 10.1. The molecular formula is C14H15NO4. The number of hydrogen-bond donors (Lipinski definition) is 3. The number of aromatic hydroxyl groups is 1. The quantitative estimate of drug-likeness (QED) is 0.699. The molecule has 19 heavy (non-hydrogen) atoms. The summed E-state index contributed by atoms with van der Waals surface area (Å²) >= 11 is 0. The highest BCUT2D eigenvalue weighted by Gasteiger charge is 2.50. The van der Waals surface area contributed by atoms with Crippen LogP contribution in [0.15, 0.2) is 30.3 Å². The lowest BCUT2D eigenvalue weighted by Gasteiger charge is -2.09. The minimum Gasteiger partial charge on any atom is -0.508 e. The topological polar surface area (TPSA) is 86.6 Å². The highest BCUT2D eigenvalue weighted by atomic mass is 16.4. The molecule has 100 valence electrons. The molecule has 0 atom stereocenters. The van der Waals surface area contributed by atoms with Gasteiger partial charge < -0.3 is 15.5 Å². The molecule has 1 aromatic carbocycles. The number of amides is 1. The molecule has 3 N–H and O–H groups in total. The van der Waals surface area contributed by atoms with Gasteiger partial charge in [0.2, 0.25) is 5.91 Å². The van der Waals surface area contributed by atoms with Crippen molar-refractivity contribution in [2.24, 2.45) is 5.41 Å². The standard InChI is InChI=1S/C14H15NO4/c16-11-4-1-10(2-5-11)3-6-12(17)15-9-14(7-8-14)13(18)19/h1-6,16H,7-9H2,(H,15,17)(H,18,19)/b6-3+. The van der Waals surface area contributed by atoms with Crippen molar-refractivity contribution in [2.45, 2.75) is 12.8 Å². The third kappa shape index (κ3) is 3.34. The number of hydrogen-bond acceptors (Lipinski definition) is 3. The van der Waals surface area contributed by atoms with Crippen LogP contribution in [-0.2, 0) is 9.59 Å². The molecule has 0 heterocycles. The summed E-state index contributed by atoms with van der Waals surface area (Å²) in [6.07, 6.45) is 4.19. The Hall–Kier alpha value is -2.30. The van der Waals surface area contributed by atoms with Gasteiger partial charge in [0.15, 0.2) is 0 Å². The Balaban J connectivity index is 1.84.